The lowest BCUT2D eigenvalue weighted by Crippen LogP contribution is -2.21. The highest BCUT2D eigenvalue weighted by molar-refractivity contribution is 6.17. The van der Waals surface area contributed by atoms with Crippen LogP contribution in [0.15, 0.2) is 18.5 Å². The maximum absolute atomic E-state index is 5.87. The molecule has 0 aliphatic rings. The Morgan fingerprint density at radius 2 is 2.20 bits per heavy atom. The van der Waals surface area contributed by atoms with Crippen LogP contribution in [-0.2, 0) is 5.88 Å². The first kappa shape index (κ1) is 12.3. The molecule has 1 aromatic rings. The van der Waals surface area contributed by atoms with Crippen molar-refractivity contribution in [1.29, 1.82) is 0 Å². The molecule has 0 radical (unpaired) electrons. The summed E-state index contributed by atoms with van der Waals surface area (Å²) >= 11 is 5.87. The third kappa shape index (κ3) is 3.71. The standard InChI is InChI=1S/C12H19ClN2/c1-10(2)5-7-15(3)12-4-6-14-9-11(12)8-13/h4,6,9-10H,5,7-8H2,1-3H3. The summed E-state index contributed by atoms with van der Waals surface area (Å²) in [5.41, 5.74) is 2.30. The zero-order valence-electron chi connectivity index (χ0n) is 9.70. The molecule has 0 aliphatic carbocycles. The molecule has 0 saturated heterocycles. The molecule has 0 fully saturated rings. The highest BCUT2D eigenvalue weighted by atomic mass is 35.5. The summed E-state index contributed by atoms with van der Waals surface area (Å²) in [4.78, 5) is 6.33. The maximum Gasteiger partial charge on any atom is 0.0509 e. The highest BCUT2D eigenvalue weighted by Crippen LogP contribution is 2.20. The molecule has 84 valence electrons. The Kier molecular flexibility index (Phi) is 4.89. The van der Waals surface area contributed by atoms with E-state index in [1.807, 2.05) is 18.5 Å². The fourth-order valence-corrected chi connectivity index (χ4v) is 1.67. The molecule has 0 bridgehead atoms. The summed E-state index contributed by atoms with van der Waals surface area (Å²) in [5.74, 6) is 1.25. The number of alkyl halides is 1. The van der Waals surface area contributed by atoms with Crippen LogP contribution in [0.3, 0.4) is 0 Å². The van der Waals surface area contributed by atoms with Gasteiger partial charge in [0.1, 0.15) is 0 Å². The number of nitrogens with zero attached hydrogens (tertiary/aromatic N) is 2. The molecule has 0 aliphatic heterocycles. The van der Waals surface area contributed by atoms with E-state index in [9.17, 15) is 0 Å². The van der Waals surface area contributed by atoms with Gasteiger partial charge >= 0.3 is 0 Å². The lowest BCUT2D eigenvalue weighted by molar-refractivity contribution is 0.585. The second-order valence-corrected chi connectivity index (χ2v) is 4.51. The van der Waals surface area contributed by atoms with Crippen LogP contribution in [0.5, 0.6) is 0 Å². The summed E-state index contributed by atoms with van der Waals surface area (Å²) in [5, 5.41) is 0. The maximum atomic E-state index is 5.87. The van der Waals surface area contributed by atoms with E-state index in [-0.39, 0.29) is 0 Å². The first-order chi connectivity index (χ1) is 7.15. The average Bonchev–Trinajstić information content (AvgIpc) is 2.25. The molecule has 0 spiro atoms. The minimum atomic E-state index is 0.523. The molecular formula is C12H19ClN2. The Labute approximate surface area is 97.3 Å². The molecule has 0 saturated carbocycles. The molecule has 1 rings (SSSR count). The first-order valence-corrected chi connectivity index (χ1v) is 5.88. The number of hydrogen-bond donors (Lipinski definition) is 0. The van der Waals surface area contributed by atoms with Crippen molar-refractivity contribution in [3.63, 3.8) is 0 Å². The molecule has 0 amide bonds. The van der Waals surface area contributed by atoms with Crippen molar-refractivity contribution in [3.05, 3.63) is 24.0 Å². The van der Waals surface area contributed by atoms with Gasteiger partial charge in [-0.3, -0.25) is 4.98 Å². The van der Waals surface area contributed by atoms with Gasteiger partial charge in [0.05, 0.1) is 5.88 Å². The van der Waals surface area contributed by atoms with Gasteiger partial charge in [-0.2, -0.15) is 0 Å². The topological polar surface area (TPSA) is 16.1 Å². The van der Waals surface area contributed by atoms with Crippen molar-refractivity contribution in [2.75, 3.05) is 18.5 Å². The van der Waals surface area contributed by atoms with Gasteiger partial charge in [0.2, 0.25) is 0 Å². The molecule has 15 heavy (non-hydrogen) atoms. The van der Waals surface area contributed by atoms with Crippen molar-refractivity contribution in [2.45, 2.75) is 26.1 Å². The number of hydrogen-bond acceptors (Lipinski definition) is 2. The molecule has 2 nitrogen and oxygen atoms in total. The number of anilines is 1. The van der Waals surface area contributed by atoms with Crippen molar-refractivity contribution in [1.82, 2.24) is 4.98 Å². The predicted molar refractivity (Wildman–Crippen MR) is 66.5 cm³/mol. The van der Waals surface area contributed by atoms with Crippen molar-refractivity contribution in [2.24, 2.45) is 5.92 Å². The Bertz CT molecular complexity index is 299. The molecule has 0 atom stereocenters. The summed E-state index contributed by atoms with van der Waals surface area (Å²) in [6.07, 6.45) is 4.85. The Morgan fingerprint density at radius 3 is 2.80 bits per heavy atom. The second kappa shape index (κ2) is 5.96. The number of aromatic nitrogens is 1. The van der Waals surface area contributed by atoms with Gasteiger partial charge < -0.3 is 4.90 Å². The van der Waals surface area contributed by atoms with E-state index in [4.69, 9.17) is 11.6 Å². The van der Waals surface area contributed by atoms with E-state index in [0.717, 1.165) is 18.0 Å². The Balaban J connectivity index is 2.68. The number of halogens is 1. The van der Waals surface area contributed by atoms with Crippen molar-refractivity contribution in [3.8, 4) is 0 Å². The van der Waals surface area contributed by atoms with Gasteiger partial charge in [-0.25, -0.2) is 0 Å². The zero-order valence-corrected chi connectivity index (χ0v) is 10.5. The quantitative estimate of drug-likeness (QED) is 0.717. The average molecular weight is 227 g/mol. The summed E-state index contributed by atoms with van der Waals surface area (Å²) in [7, 11) is 2.10. The van der Waals surface area contributed by atoms with Crippen LogP contribution in [0.1, 0.15) is 25.8 Å². The van der Waals surface area contributed by atoms with Crippen LogP contribution in [-0.4, -0.2) is 18.6 Å². The van der Waals surface area contributed by atoms with E-state index in [0.29, 0.717) is 5.88 Å². The third-order valence-electron chi connectivity index (χ3n) is 2.47. The van der Waals surface area contributed by atoms with Gasteiger partial charge in [0, 0.05) is 37.2 Å². The normalized spacial score (nSPS) is 10.7. The van der Waals surface area contributed by atoms with Crippen LogP contribution in [0, 0.1) is 5.92 Å². The van der Waals surface area contributed by atoms with Crippen molar-refractivity contribution >= 4 is 17.3 Å². The van der Waals surface area contributed by atoms with Gasteiger partial charge in [-0.1, -0.05) is 13.8 Å². The summed E-state index contributed by atoms with van der Waals surface area (Å²) in [6, 6.07) is 2.03. The lowest BCUT2D eigenvalue weighted by atomic mass is 10.1. The molecule has 1 heterocycles. The van der Waals surface area contributed by atoms with Gasteiger partial charge in [-0.15, -0.1) is 11.6 Å². The molecule has 3 heteroatoms. The number of rotatable bonds is 5. The number of pyridine rings is 1. The zero-order chi connectivity index (χ0) is 11.3. The predicted octanol–water partition coefficient (Wildman–Crippen LogP) is 3.30. The molecule has 0 N–H and O–H groups in total. The molecule has 0 unspecified atom stereocenters. The summed E-state index contributed by atoms with van der Waals surface area (Å²) in [6.45, 7) is 5.54. The third-order valence-corrected chi connectivity index (χ3v) is 2.76. The van der Waals surface area contributed by atoms with Crippen LogP contribution < -0.4 is 4.90 Å². The smallest absolute Gasteiger partial charge is 0.0509 e. The molecule has 0 aromatic carbocycles. The molecule has 1 aromatic heterocycles. The van der Waals surface area contributed by atoms with Crippen molar-refractivity contribution < 1.29 is 0 Å². The largest absolute Gasteiger partial charge is 0.374 e. The van der Waals surface area contributed by atoms with E-state index in [1.165, 1.54) is 12.1 Å². The van der Waals surface area contributed by atoms with Crippen LogP contribution in [0.4, 0.5) is 5.69 Å². The fourth-order valence-electron chi connectivity index (χ4n) is 1.47. The Hall–Kier alpha value is -0.760. The fraction of sp³-hybridized carbons (Fsp3) is 0.583. The lowest BCUT2D eigenvalue weighted by Gasteiger charge is -2.22. The van der Waals surface area contributed by atoms with E-state index < -0.39 is 0 Å². The minimum Gasteiger partial charge on any atom is -0.374 e. The van der Waals surface area contributed by atoms with E-state index in [1.54, 1.807) is 0 Å². The van der Waals surface area contributed by atoms with Crippen LogP contribution in [0.25, 0.3) is 0 Å². The SMILES string of the molecule is CC(C)CCN(C)c1ccncc1CCl. The first-order valence-electron chi connectivity index (χ1n) is 5.35. The second-order valence-electron chi connectivity index (χ2n) is 4.24. The van der Waals surface area contributed by atoms with Crippen LogP contribution in [0.2, 0.25) is 0 Å². The van der Waals surface area contributed by atoms with Gasteiger partial charge in [-0.05, 0) is 18.4 Å². The van der Waals surface area contributed by atoms with Crippen LogP contribution >= 0.6 is 11.6 Å². The summed E-state index contributed by atoms with van der Waals surface area (Å²) < 4.78 is 0. The minimum absolute atomic E-state index is 0.523. The van der Waals surface area contributed by atoms with Gasteiger partial charge in [0.15, 0.2) is 0 Å². The van der Waals surface area contributed by atoms with E-state index in [2.05, 4.69) is 30.8 Å². The van der Waals surface area contributed by atoms with E-state index >= 15 is 0 Å². The highest BCUT2D eigenvalue weighted by Gasteiger charge is 2.06. The monoisotopic (exact) mass is 226 g/mol. The Morgan fingerprint density at radius 1 is 1.47 bits per heavy atom. The van der Waals surface area contributed by atoms with Gasteiger partial charge in [0.25, 0.3) is 0 Å². The molecular weight excluding hydrogens is 208 g/mol.